The molecule has 1 fully saturated rings. The average Bonchev–Trinajstić information content (AvgIpc) is 3.01. The highest BCUT2D eigenvalue weighted by atomic mass is 32.2. The Bertz CT molecular complexity index is 912. The van der Waals surface area contributed by atoms with Crippen LogP contribution in [0.15, 0.2) is 53.4 Å². The first-order valence-corrected chi connectivity index (χ1v) is 11.1. The molecular weight excluding hydrogens is 405 g/mol. The summed E-state index contributed by atoms with van der Waals surface area (Å²) in [5.41, 5.74) is 0.836. The van der Waals surface area contributed by atoms with Crippen LogP contribution in [0.4, 0.5) is 14.0 Å². The summed E-state index contributed by atoms with van der Waals surface area (Å²) in [6.07, 6.45) is 1.02. The zero-order chi connectivity index (χ0) is 20.9. The zero-order valence-corrected chi connectivity index (χ0v) is 17.4. The second-order valence-corrected chi connectivity index (χ2v) is 8.47. The SMILES string of the molecule is O=C(N[C@H]1CCSc2ccc(F)cc21)N1CCCN(C(=O)Oc2ccccc2)CC1. The summed E-state index contributed by atoms with van der Waals surface area (Å²) < 4.78 is 19.1. The Balaban J connectivity index is 1.34. The minimum atomic E-state index is -0.405. The second-order valence-electron chi connectivity index (χ2n) is 7.33. The van der Waals surface area contributed by atoms with Gasteiger partial charge in [0, 0.05) is 36.8 Å². The van der Waals surface area contributed by atoms with Gasteiger partial charge in [0.25, 0.3) is 0 Å². The zero-order valence-electron chi connectivity index (χ0n) is 16.6. The molecular formula is C22H24FN3O3S. The Kier molecular flexibility index (Phi) is 6.42. The molecule has 0 radical (unpaired) electrons. The third-order valence-electron chi connectivity index (χ3n) is 5.30. The topological polar surface area (TPSA) is 61.9 Å². The molecule has 2 aliphatic rings. The molecule has 4 rings (SSSR count). The first kappa shape index (κ1) is 20.5. The van der Waals surface area contributed by atoms with Crippen molar-refractivity contribution in [3.63, 3.8) is 0 Å². The highest BCUT2D eigenvalue weighted by Crippen LogP contribution is 2.36. The van der Waals surface area contributed by atoms with E-state index in [0.29, 0.717) is 38.3 Å². The van der Waals surface area contributed by atoms with E-state index in [1.54, 1.807) is 39.8 Å². The first-order chi connectivity index (χ1) is 14.6. The number of benzene rings is 2. The Labute approximate surface area is 179 Å². The number of thioether (sulfide) groups is 1. The molecule has 1 atom stereocenters. The van der Waals surface area contributed by atoms with Crippen LogP contribution < -0.4 is 10.1 Å². The van der Waals surface area contributed by atoms with Crippen LogP contribution in [0.25, 0.3) is 0 Å². The van der Waals surface area contributed by atoms with Crippen molar-refractivity contribution >= 4 is 23.9 Å². The van der Waals surface area contributed by atoms with E-state index in [4.69, 9.17) is 4.74 Å². The molecule has 1 saturated heterocycles. The van der Waals surface area contributed by atoms with E-state index in [9.17, 15) is 14.0 Å². The van der Waals surface area contributed by atoms with E-state index in [1.807, 2.05) is 18.2 Å². The number of hydrogen-bond acceptors (Lipinski definition) is 4. The van der Waals surface area contributed by atoms with Crippen LogP contribution in [-0.4, -0.2) is 53.9 Å². The van der Waals surface area contributed by atoms with Crippen molar-refractivity contribution in [1.29, 1.82) is 0 Å². The molecule has 8 heteroatoms. The number of rotatable bonds is 2. The number of para-hydroxylation sites is 1. The Hall–Kier alpha value is -2.74. The van der Waals surface area contributed by atoms with Crippen LogP contribution in [0.3, 0.4) is 0 Å². The number of carbonyl (C=O) groups is 2. The third kappa shape index (κ3) is 4.87. The maximum Gasteiger partial charge on any atom is 0.415 e. The smallest absolute Gasteiger partial charge is 0.410 e. The number of fused-ring (bicyclic) bond motifs is 1. The van der Waals surface area contributed by atoms with Gasteiger partial charge in [-0.1, -0.05) is 18.2 Å². The second kappa shape index (κ2) is 9.38. The van der Waals surface area contributed by atoms with Gasteiger partial charge < -0.3 is 19.9 Å². The number of carbonyl (C=O) groups excluding carboxylic acids is 2. The Morgan fingerprint density at radius 1 is 1.03 bits per heavy atom. The number of ether oxygens (including phenoxy) is 1. The van der Waals surface area contributed by atoms with E-state index in [2.05, 4.69) is 5.32 Å². The lowest BCUT2D eigenvalue weighted by Gasteiger charge is -2.29. The highest BCUT2D eigenvalue weighted by molar-refractivity contribution is 7.99. The minimum Gasteiger partial charge on any atom is -0.410 e. The van der Waals surface area contributed by atoms with Gasteiger partial charge in [-0.25, -0.2) is 14.0 Å². The fourth-order valence-corrected chi connectivity index (χ4v) is 4.82. The number of halogens is 1. The fourth-order valence-electron chi connectivity index (χ4n) is 3.71. The van der Waals surface area contributed by atoms with Crippen LogP contribution >= 0.6 is 11.8 Å². The molecule has 2 aromatic carbocycles. The van der Waals surface area contributed by atoms with E-state index in [0.717, 1.165) is 22.6 Å². The van der Waals surface area contributed by atoms with Crippen molar-refractivity contribution in [2.75, 3.05) is 31.9 Å². The van der Waals surface area contributed by atoms with Crippen molar-refractivity contribution in [2.24, 2.45) is 0 Å². The molecule has 3 amide bonds. The molecule has 2 heterocycles. The standard InChI is InChI=1S/C22H24FN3O3S/c23-16-7-8-20-18(15-16)19(9-14-30-20)24-21(27)25-10-4-11-26(13-12-25)22(28)29-17-5-2-1-3-6-17/h1-3,5-8,15,19H,4,9-14H2,(H,24,27)/t19-/m0/s1. The first-order valence-electron chi connectivity index (χ1n) is 10.1. The van der Waals surface area contributed by atoms with Crippen LogP contribution in [0, 0.1) is 5.82 Å². The molecule has 0 bridgehead atoms. The van der Waals surface area contributed by atoms with Gasteiger partial charge in [-0.2, -0.15) is 0 Å². The molecule has 6 nitrogen and oxygen atoms in total. The number of nitrogens with one attached hydrogen (secondary N) is 1. The summed E-state index contributed by atoms with van der Waals surface area (Å²) in [5.74, 6) is 1.09. The van der Waals surface area contributed by atoms with Crippen LogP contribution in [0.1, 0.15) is 24.4 Å². The monoisotopic (exact) mass is 429 g/mol. The van der Waals surface area contributed by atoms with Crippen molar-refractivity contribution in [3.05, 3.63) is 59.9 Å². The lowest BCUT2D eigenvalue weighted by atomic mass is 10.0. The van der Waals surface area contributed by atoms with Crippen molar-refractivity contribution in [1.82, 2.24) is 15.1 Å². The maximum atomic E-state index is 13.7. The molecule has 1 N–H and O–H groups in total. The summed E-state index contributed by atoms with van der Waals surface area (Å²) >= 11 is 1.68. The van der Waals surface area contributed by atoms with Gasteiger partial charge >= 0.3 is 12.1 Å². The van der Waals surface area contributed by atoms with Gasteiger partial charge in [-0.15, -0.1) is 11.8 Å². The summed E-state index contributed by atoms with van der Waals surface area (Å²) in [7, 11) is 0. The number of urea groups is 1. The van der Waals surface area contributed by atoms with Crippen LogP contribution in [0.5, 0.6) is 5.75 Å². The van der Waals surface area contributed by atoms with E-state index in [-0.39, 0.29) is 17.9 Å². The van der Waals surface area contributed by atoms with Crippen LogP contribution in [0.2, 0.25) is 0 Å². The number of amides is 3. The van der Waals surface area contributed by atoms with Gasteiger partial charge in [-0.05, 0) is 48.7 Å². The van der Waals surface area contributed by atoms with E-state index < -0.39 is 6.09 Å². The van der Waals surface area contributed by atoms with Gasteiger partial charge in [0.15, 0.2) is 0 Å². The van der Waals surface area contributed by atoms with Crippen molar-refractivity contribution in [3.8, 4) is 5.75 Å². The normalized spacial score (nSPS) is 18.9. The molecule has 158 valence electrons. The Morgan fingerprint density at radius 2 is 1.80 bits per heavy atom. The fraction of sp³-hybridized carbons (Fsp3) is 0.364. The summed E-state index contributed by atoms with van der Waals surface area (Å²) in [5, 5.41) is 3.06. The molecule has 0 unspecified atom stereocenters. The summed E-state index contributed by atoms with van der Waals surface area (Å²) in [6.45, 7) is 1.92. The summed E-state index contributed by atoms with van der Waals surface area (Å²) in [4.78, 5) is 29.6. The minimum absolute atomic E-state index is 0.180. The van der Waals surface area contributed by atoms with E-state index >= 15 is 0 Å². The molecule has 0 aromatic heterocycles. The van der Waals surface area contributed by atoms with Crippen LogP contribution in [-0.2, 0) is 0 Å². The number of nitrogens with zero attached hydrogens (tertiary/aromatic N) is 2. The molecule has 0 saturated carbocycles. The maximum absolute atomic E-state index is 13.7. The van der Waals surface area contributed by atoms with Gasteiger partial charge in [0.1, 0.15) is 11.6 Å². The third-order valence-corrected chi connectivity index (χ3v) is 6.42. The van der Waals surface area contributed by atoms with Gasteiger partial charge in [-0.3, -0.25) is 0 Å². The molecule has 0 spiro atoms. The van der Waals surface area contributed by atoms with Crippen molar-refractivity contribution in [2.45, 2.75) is 23.8 Å². The molecule has 30 heavy (non-hydrogen) atoms. The predicted octanol–water partition coefficient (Wildman–Crippen LogP) is 4.28. The van der Waals surface area contributed by atoms with E-state index in [1.165, 1.54) is 12.1 Å². The predicted molar refractivity (Wildman–Crippen MR) is 113 cm³/mol. The van der Waals surface area contributed by atoms with Gasteiger partial charge in [0.05, 0.1) is 6.04 Å². The number of hydrogen-bond donors (Lipinski definition) is 1. The molecule has 2 aliphatic heterocycles. The largest absolute Gasteiger partial charge is 0.415 e. The summed E-state index contributed by atoms with van der Waals surface area (Å²) in [6, 6.07) is 13.3. The lowest BCUT2D eigenvalue weighted by Crippen LogP contribution is -2.44. The molecule has 2 aromatic rings. The highest BCUT2D eigenvalue weighted by Gasteiger charge is 2.27. The van der Waals surface area contributed by atoms with Gasteiger partial charge in [0.2, 0.25) is 0 Å². The Morgan fingerprint density at radius 3 is 2.63 bits per heavy atom. The quantitative estimate of drug-likeness (QED) is 0.774. The average molecular weight is 430 g/mol. The van der Waals surface area contributed by atoms with Crippen molar-refractivity contribution < 1.29 is 18.7 Å². The lowest BCUT2D eigenvalue weighted by molar-refractivity contribution is 0.153. The molecule has 0 aliphatic carbocycles.